The minimum Gasteiger partial charge on any atom is -0.337 e. The van der Waals surface area contributed by atoms with Gasteiger partial charge in [-0.3, -0.25) is 9.88 Å². The van der Waals surface area contributed by atoms with Gasteiger partial charge in [-0.1, -0.05) is 18.2 Å². The molecular formula is C16H18N4. The number of nitrogens with zero attached hydrogens (tertiary/aromatic N) is 4. The normalized spacial score (nSPS) is 11.3. The number of aryl methyl sites for hydroxylation is 1. The lowest BCUT2D eigenvalue weighted by atomic mass is 10.1. The molecule has 3 aromatic rings. The Kier molecular flexibility index (Phi) is 3.48. The first-order valence-electron chi connectivity index (χ1n) is 6.71. The van der Waals surface area contributed by atoms with Crippen LogP contribution >= 0.6 is 0 Å². The van der Waals surface area contributed by atoms with E-state index in [0.717, 1.165) is 24.4 Å². The van der Waals surface area contributed by atoms with E-state index in [1.807, 2.05) is 31.7 Å². The van der Waals surface area contributed by atoms with Gasteiger partial charge in [-0.05, 0) is 24.7 Å². The second kappa shape index (κ2) is 5.43. The summed E-state index contributed by atoms with van der Waals surface area (Å²) in [5.41, 5.74) is 2.35. The van der Waals surface area contributed by atoms with Crippen LogP contribution in [0.1, 0.15) is 11.4 Å². The maximum atomic E-state index is 4.40. The molecule has 4 nitrogen and oxygen atoms in total. The highest BCUT2D eigenvalue weighted by Crippen LogP contribution is 2.18. The van der Waals surface area contributed by atoms with Crippen LogP contribution in [0.25, 0.3) is 10.9 Å². The Hall–Kier alpha value is -2.20. The van der Waals surface area contributed by atoms with Crippen LogP contribution in [0.5, 0.6) is 0 Å². The van der Waals surface area contributed by atoms with Crippen molar-refractivity contribution < 1.29 is 0 Å². The Bertz CT molecular complexity index is 712. The van der Waals surface area contributed by atoms with Gasteiger partial charge < -0.3 is 4.57 Å². The van der Waals surface area contributed by atoms with E-state index in [0.29, 0.717) is 0 Å². The van der Waals surface area contributed by atoms with Gasteiger partial charge in [-0.2, -0.15) is 0 Å². The molecule has 0 spiro atoms. The number of aromatic nitrogens is 3. The Balaban J connectivity index is 1.81. The third kappa shape index (κ3) is 2.56. The third-order valence-corrected chi connectivity index (χ3v) is 3.51. The van der Waals surface area contributed by atoms with Crippen molar-refractivity contribution in [2.75, 3.05) is 7.05 Å². The van der Waals surface area contributed by atoms with Crippen molar-refractivity contribution in [1.82, 2.24) is 19.4 Å². The first-order chi connectivity index (χ1) is 9.74. The molecule has 0 amide bonds. The molecule has 20 heavy (non-hydrogen) atoms. The average Bonchev–Trinajstić information content (AvgIpc) is 2.85. The molecule has 4 heteroatoms. The van der Waals surface area contributed by atoms with Gasteiger partial charge in [0.15, 0.2) is 0 Å². The lowest BCUT2D eigenvalue weighted by Gasteiger charge is -2.17. The summed E-state index contributed by atoms with van der Waals surface area (Å²) in [4.78, 5) is 11.0. The molecule has 0 radical (unpaired) electrons. The summed E-state index contributed by atoms with van der Waals surface area (Å²) in [5, 5.41) is 1.22. The molecule has 0 aliphatic rings. The van der Waals surface area contributed by atoms with E-state index in [1.54, 1.807) is 0 Å². The predicted octanol–water partition coefficient (Wildman–Crippen LogP) is 2.60. The van der Waals surface area contributed by atoms with Crippen LogP contribution in [0.3, 0.4) is 0 Å². The van der Waals surface area contributed by atoms with E-state index in [9.17, 15) is 0 Å². The topological polar surface area (TPSA) is 34.0 Å². The highest BCUT2D eigenvalue weighted by atomic mass is 15.1. The fourth-order valence-corrected chi connectivity index (χ4v) is 2.43. The van der Waals surface area contributed by atoms with Crippen molar-refractivity contribution >= 4 is 10.9 Å². The Morgan fingerprint density at radius 2 is 1.90 bits per heavy atom. The predicted molar refractivity (Wildman–Crippen MR) is 80.1 cm³/mol. The van der Waals surface area contributed by atoms with E-state index in [1.165, 1.54) is 10.9 Å². The number of hydrogen-bond donors (Lipinski definition) is 0. The summed E-state index contributed by atoms with van der Waals surface area (Å²) in [6, 6.07) is 10.4. The number of hydrogen-bond acceptors (Lipinski definition) is 3. The molecule has 1 aromatic carbocycles. The fraction of sp³-hybridized carbons (Fsp3) is 0.250. The zero-order chi connectivity index (χ0) is 13.9. The second-order valence-corrected chi connectivity index (χ2v) is 5.11. The number of fused-ring (bicyclic) bond motifs is 1. The maximum absolute atomic E-state index is 4.40. The van der Waals surface area contributed by atoms with Gasteiger partial charge >= 0.3 is 0 Å². The van der Waals surface area contributed by atoms with Crippen LogP contribution in [-0.2, 0) is 20.1 Å². The van der Waals surface area contributed by atoms with E-state index >= 15 is 0 Å². The third-order valence-electron chi connectivity index (χ3n) is 3.51. The molecule has 0 atom stereocenters. The molecule has 2 heterocycles. The minimum absolute atomic E-state index is 0.833. The van der Waals surface area contributed by atoms with Crippen LogP contribution in [0.2, 0.25) is 0 Å². The Morgan fingerprint density at radius 3 is 2.70 bits per heavy atom. The van der Waals surface area contributed by atoms with Gasteiger partial charge in [-0.15, -0.1) is 0 Å². The summed E-state index contributed by atoms with van der Waals surface area (Å²) in [5.74, 6) is 1.07. The zero-order valence-corrected chi connectivity index (χ0v) is 11.8. The SMILES string of the molecule is CN(Cc1ccnc2ccccc12)Cc1nccn1C. The molecule has 0 aliphatic heterocycles. The largest absolute Gasteiger partial charge is 0.337 e. The fourth-order valence-electron chi connectivity index (χ4n) is 2.43. The number of pyridine rings is 1. The molecule has 0 N–H and O–H groups in total. The van der Waals surface area contributed by atoms with E-state index in [2.05, 4.69) is 50.7 Å². The summed E-state index contributed by atoms with van der Waals surface area (Å²) < 4.78 is 2.06. The molecule has 3 rings (SSSR count). The van der Waals surface area contributed by atoms with Gasteiger partial charge in [0.2, 0.25) is 0 Å². The molecule has 0 unspecified atom stereocenters. The lowest BCUT2D eigenvalue weighted by molar-refractivity contribution is 0.308. The second-order valence-electron chi connectivity index (χ2n) is 5.11. The monoisotopic (exact) mass is 266 g/mol. The van der Waals surface area contributed by atoms with Crippen molar-refractivity contribution in [2.45, 2.75) is 13.1 Å². The van der Waals surface area contributed by atoms with Gasteiger partial charge in [0, 0.05) is 37.6 Å². The van der Waals surface area contributed by atoms with Crippen LogP contribution in [0.15, 0.2) is 48.9 Å². The highest BCUT2D eigenvalue weighted by molar-refractivity contribution is 5.81. The quantitative estimate of drug-likeness (QED) is 0.728. The van der Waals surface area contributed by atoms with E-state index < -0.39 is 0 Å². The number of benzene rings is 1. The van der Waals surface area contributed by atoms with Crippen molar-refractivity contribution in [3.05, 3.63) is 60.3 Å². The van der Waals surface area contributed by atoms with Crippen molar-refractivity contribution in [2.24, 2.45) is 7.05 Å². The first kappa shape index (κ1) is 12.8. The highest BCUT2D eigenvalue weighted by Gasteiger charge is 2.07. The van der Waals surface area contributed by atoms with Gasteiger partial charge in [0.25, 0.3) is 0 Å². The number of imidazole rings is 1. The Labute approximate surface area is 118 Å². The van der Waals surface area contributed by atoms with E-state index in [4.69, 9.17) is 0 Å². The van der Waals surface area contributed by atoms with E-state index in [-0.39, 0.29) is 0 Å². The van der Waals surface area contributed by atoms with Gasteiger partial charge in [-0.25, -0.2) is 4.98 Å². The number of rotatable bonds is 4. The summed E-state index contributed by atoms with van der Waals surface area (Å²) in [6.45, 7) is 1.72. The molecule has 2 aromatic heterocycles. The average molecular weight is 266 g/mol. The number of para-hydroxylation sites is 1. The standard InChI is InChI=1S/C16H18N4/c1-19(12-16-18-9-10-20(16)2)11-13-7-8-17-15-6-4-3-5-14(13)15/h3-10H,11-12H2,1-2H3. The molecule has 0 saturated carbocycles. The van der Waals surface area contributed by atoms with Crippen LogP contribution in [0.4, 0.5) is 0 Å². The molecule has 0 aliphatic carbocycles. The molecule has 0 saturated heterocycles. The first-order valence-corrected chi connectivity index (χ1v) is 6.71. The van der Waals surface area contributed by atoms with Crippen molar-refractivity contribution in [3.8, 4) is 0 Å². The molecule has 0 fully saturated rings. The van der Waals surface area contributed by atoms with Gasteiger partial charge in [0.1, 0.15) is 5.82 Å². The summed E-state index contributed by atoms with van der Waals surface area (Å²) in [6.07, 6.45) is 5.70. The zero-order valence-electron chi connectivity index (χ0n) is 11.8. The summed E-state index contributed by atoms with van der Waals surface area (Å²) in [7, 11) is 4.14. The molecule has 102 valence electrons. The maximum Gasteiger partial charge on any atom is 0.122 e. The summed E-state index contributed by atoms with van der Waals surface area (Å²) >= 11 is 0. The molecule has 0 bridgehead atoms. The van der Waals surface area contributed by atoms with Crippen LogP contribution in [-0.4, -0.2) is 26.5 Å². The van der Waals surface area contributed by atoms with Crippen LogP contribution in [0, 0.1) is 0 Å². The lowest BCUT2D eigenvalue weighted by Crippen LogP contribution is -2.19. The van der Waals surface area contributed by atoms with Crippen LogP contribution < -0.4 is 0 Å². The van der Waals surface area contributed by atoms with Crippen molar-refractivity contribution in [1.29, 1.82) is 0 Å². The Morgan fingerprint density at radius 1 is 1.05 bits per heavy atom. The van der Waals surface area contributed by atoms with Crippen molar-refractivity contribution in [3.63, 3.8) is 0 Å². The van der Waals surface area contributed by atoms with Gasteiger partial charge in [0.05, 0.1) is 12.1 Å². The minimum atomic E-state index is 0.833. The smallest absolute Gasteiger partial charge is 0.122 e. The molecular weight excluding hydrogens is 248 g/mol.